The van der Waals surface area contributed by atoms with Gasteiger partial charge in [-0.05, 0) is 17.5 Å². The van der Waals surface area contributed by atoms with E-state index in [1.807, 2.05) is 6.07 Å². The molecular formula is C8H7ClN2OS. The summed E-state index contributed by atoms with van der Waals surface area (Å²) in [5, 5.41) is 1.02. The normalized spacial score (nSPS) is 9.54. The lowest BCUT2D eigenvalue weighted by molar-refractivity contribution is 0.100. The number of nitrogens with two attached hydrogens (primary N) is 1. The Labute approximate surface area is 85.0 Å². The zero-order valence-corrected chi connectivity index (χ0v) is 8.19. The number of carbonyl (C=O) groups is 1. The zero-order valence-electron chi connectivity index (χ0n) is 6.56. The molecule has 68 valence electrons. The van der Waals surface area contributed by atoms with Crippen LogP contribution < -0.4 is 5.73 Å². The summed E-state index contributed by atoms with van der Waals surface area (Å²) in [6.07, 6.45) is 3.42. The first-order valence-electron chi connectivity index (χ1n) is 3.41. The number of primary amides is 1. The molecule has 2 N–H and O–H groups in total. The molecule has 3 nitrogen and oxygen atoms in total. The Morgan fingerprint density at radius 2 is 2.31 bits per heavy atom. The smallest absolute Gasteiger partial charge is 0.258 e. The van der Waals surface area contributed by atoms with Crippen molar-refractivity contribution in [2.75, 3.05) is 0 Å². The number of hydrogen-bond acceptors (Lipinski definition) is 3. The molecule has 0 bridgehead atoms. The summed E-state index contributed by atoms with van der Waals surface area (Å²) in [6, 6.07) is 3.64. The Bertz CT molecular complexity index is 407. The molecule has 0 unspecified atom stereocenters. The third kappa shape index (κ3) is 1.79. The molecule has 0 atom stereocenters. The van der Waals surface area contributed by atoms with E-state index in [2.05, 4.69) is 4.98 Å². The topological polar surface area (TPSA) is 56.0 Å². The van der Waals surface area contributed by atoms with Gasteiger partial charge in [0.05, 0.1) is 9.58 Å². The van der Waals surface area contributed by atoms with Gasteiger partial charge in [-0.25, -0.2) is 0 Å². The lowest BCUT2D eigenvalue weighted by atomic mass is 10.3. The van der Waals surface area contributed by atoms with Gasteiger partial charge in [0.1, 0.15) is 0 Å². The maximum atomic E-state index is 10.8. The molecule has 0 radical (unpaired) electrons. The average molecular weight is 215 g/mol. The summed E-state index contributed by atoms with van der Waals surface area (Å²) in [7, 11) is 0. The molecule has 0 aliphatic rings. The van der Waals surface area contributed by atoms with E-state index < -0.39 is 0 Å². The number of carbonyl (C=O) groups excluding carboxylic acids is 1. The Balaban J connectivity index is 0.000000845. The van der Waals surface area contributed by atoms with Crippen molar-refractivity contribution in [1.29, 1.82) is 0 Å². The summed E-state index contributed by atoms with van der Waals surface area (Å²) in [4.78, 5) is 15.3. The standard InChI is InChI=1S/C8H6N2OS.ClH/c9-8(11)6-3-5-1-2-10-4-7(5)12-6;/h1-4H,(H2,9,11);1H. The Hall–Kier alpha value is -1.13. The van der Waals surface area contributed by atoms with Crippen LogP contribution in [0.15, 0.2) is 24.5 Å². The number of aromatic nitrogens is 1. The van der Waals surface area contributed by atoms with Crippen LogP contribution >= 0.6 is 23.7 Å². The number of pyridine rings is 1. The lowest BCUT2D eigenvalue weighted by Gasteiger charge is -1.81. The molecule has 0 aromatic carbocycles. The van der Waals surface area contributed by atoms with Gasteiger partial charge in [-0.2, -0.15) is 0 Å². The van der Waals surface area contributed by atoms with Crippen molar-refractivity contribution in [3.8, 4) is 0 Å². The van der Waals surface area contributed by atoms with Gasteiger partial charge in [-0.15, -0.1) is 23.7 Å². The first-order valence-corrected chi connectivity index (χ1v) is 4.22. The van der Waals surface area contributed by atoms with Gasteiger partial charge in [-0.3, -0.25) is 9.78 Å². The minimum Gasteiger partial charge on any atom is -0.365 e. The number of thiophene rings is 1. The van der Waals surface area contributed by atoms with E-state index in [0.717, 1.165) is 10.1 Å². The molecule has 0 aliphatic carbocycles. The largest absolute Gasteiger partial charge is 0.365 e. The fourth-order valence-electron chi connectivity index (χ4n) is 1.01. The number of rotatable bonds is 1. The third-order valence-corrected chi connectivity index (χ3v) is 2.67. The van der Waals surface area contributed by atoms with Crippen molar-refractivity contribution in [1.82, 2.24) is 4.98 Å². The van der Waals surface area contributed by atoms with Crippen molar-refractivity contribution in [2.45, 2.75) is 0 Å². The van der Waals surface area contributed by atoms with Crippen LogP contribution in [0.3, 0.4) is 0 Å². The molecule has 5 heteroatoms. The first-order chi connectivity index (χ1) is 5.77. The molecule has 1 amide bonds. The second-order valence-electron chi connectivity index (χ2n) is 2.39. The van der Waals surface area contributed by atoms with Crippen molar-refractivity contribution < 1.29 is 4.79 Å². The molecule has 0 saturated carbocycles. The highest BCUT2D eigenvalue weighted by atomic mass is 35.5. The zero-order chi connectivity index (χ0) is 8.55. The van der Waals surface area contributed by atoms with Crippen LogP contribution in [0.25, 0.3) is 10.1 Å². The molecule has 0 saturated heterocycles. The molecule has 0 fully saturated rings. The van der Waals surface area contributed by atoms with E-state index in [-0.39, 0.29) is 18.3 Å². The summed E-state index contributed by atoms with van der Waals surface area (Å²) < 4.78 is 0.992. The minimum absolute atomic E-state index is 0. The van der Waals surface area contributed by atoms with Crippen LogP contribution in [0.2, 0.25) is 0 Å². The van der Waals surface area contributed by atoms with Crippen LogP contribution in [0, 0.1) is 0 Å². The van der Waals surface area contributed by atoms with E-state index in [0.29, 0.717) is 4.88 Å². The average Bonchev–Trinajstić information content (AvgIpc) is 2.46. The number of fused-ring (bicyclic) bond motifs is 1. The minimum atomic E-state index is -0.379. The molecule has 2 aromatic rings. The van der Waals surface area contributed by atoms with Gasteiger partial charge >= 0.3 is 0 Å². The van der Waals surface area contributed by atoms with E-state index in [1.54, 1.807) is 18.5 Å². The third-order valence-electron chi connectivity index (χ3n) is 1.57. The van der Waals surface area contributed by atoms with Gasteiger partial charge in [-0.1, -0.05) is 0 Å². The van der Waals surface area contributed by atoms with Gasteiger partial charge in [0, 0.05) is 12.4 Å². The van der Waals surface area contributed by atoms with Crippen molar-refractivity contribution in [2.24, 2.45) is 5.73 Å². The van der Waals surface area contributed by atoms with Crippen molar-refractivity contribution in [3.63, 3.8) is 0 Å². The molecule has 2 heterocycles. The SMILES string of the molecule is Cl.NC(=O)c1cc2ccncc2s1. The molecule has 2 rings (SSSR count). The molecule has 13 heavy (non-hydrogen) atoms. The fraction of sp³-hybridized carbons (Fsp3) is 0. The predicted octanol–water partition coefficient (Wildman–Crippen LogP) is 1.82. The monoisotopic (exact) mass is 214 g/mol. The van der Waals surface area contributed by atoms with Crippen LogP contribution in [-0.4, -0.2) is 10.9 Å². The fourth-order valence-corrected chi connectivity index (χ4v) is 1.89. The Morgan fingerprint density at radius 3 is 2.92 bits per heavy atom. The highest BCUT2D eigenvalue weighted by Crippen LogP contribution is 2.23. The van der Waals surface area contributed by atoms with Crippen molar-refractivity contribution in [3.05, 3.63) is 29.4 Å². The van der Waals surface area contributed by atoms with Gasteiger partial charge in [0.25, 0.3) is 5.91 Å². The van der Waals surface area contributed by atoms with Gasteiger partial charge in [0.15, 0.2) is 0 Å². The summed E-state index contributed by atoms with van der Waals surface area (Å²) in [5.41, 5.74) is 5.13. The van der Waals surface area contributed by atoms with Crippen molar-refractivity contribution >= 4 is 39.7 Å². The van der Waals surface area contributed by atoms with Gasteiger partial charge < -0.3 is 5.73 Å². The number of hydrogen-bond donors (Lipinski definition) is 1. The Morgan fingerprint density at radius 1 is 1.54 bits per heavy atom. The van der Waals surface area contributed by atoms with Crippen LogP contribution in [0.4, 0.5) is 0 Å². The van der Waals surface area contributed by atoms with E-state index in [1.165, 1.54) is 11.3 Å². The van der Waals surface area contributed by atoms with E-state index in [4.69, 9.17) is 5.73 Å². The lowest BCUT2D eigenvalue weighted by Crippen LogP contribution is -2.07. The molecular weight excluding hydrogens is 208 g/mol. The van der Waals surface area contributed by atoms with Crippen LogP contribution in [-0.2, 0) is 0 Å². The predicted molar refractivity (Wildman–Crippen MR) is 55.4 cm³/mol. The summed E-state index contributed by atoms with van der Waals surface area (Å²) in [5.74, 6) is -0.379. The number of nitrogens with zero attached hydrogens (tertiary/aromatic N) is 1. The molecule has 0 spiro atoms. The summed E-state index contributed by atoms with van der Waals surface area (Å²) >= 11 is 1.37. The van der Waals surface area contributed by atoms with Crippen LogP contribution in [0.5, 0.6) is 0 Å². The number of halogens is 1. The highest BCUT2D eigenvalue weighted by molar-refractivity contribution is 7.20. The molecule has 0 aliphatic heterocycles. The second kappa shape index (κ2) is 3.72. The quantitative estimate of drug-likeness (QED) is 0.787. The second-order valence-corrected chi connectivity index (χ2v) is 3.47. The van der Waals surface area contributed by atoms with E-state index in [9.17, 15) is 4.79 Å². The van der Waals surface area contributed by atoms with Gasteiger partial charge in [0.2, 0.25) is 0 Å². The molecule has 2 aromatic heterocycles. The summed E-state index contributed by atoms with van der Waals surface area (Å²) in [6.45, 7) is 0. The highest BCUT2D eigenvalue weighted by Gasteiger charge is 2.04. The first kappa shape index (κ1) is 9.95. The number of amides is 1. The van der Waals surface area contributed by atoms with Crippen LogP contribution in [0.1, 0.15) is 9.67 Å². The van der Waals surface area contributed by atoms with E-state index >= 15 is 0 Å². The maximum Gasteiger partial charge on any atom is 0.258 e. The maximum absolute atomic E-state index is 10.8. The Kier molecular flexibility index (Phi) is 2.85.